The molecule has 2 aromatic carbocycles. The maximum atomic E-state index is 10.2. The van der Waals surface area contributed by atoms with Crippen LogP contribution in [0.4, 0.5) is 0 Å². The van der Waals surface area contributed by atoms with E-state index in [1.165, 1.54) is 11.1 Å². The summed E-state index contributed by atoms with van der Waals surface area (Å²) in [5.74, 6) is 0.311. The lowest BCUT2D eigenvalue weighted by molar-refractivity contribution is 0.168. The number of hydrogen-bond acceptors (Lipinski definition) is 3. The molecule has 0 heterocycles. The topological polar surface area (TPSA) is 52.5 Å². The van der Waals surface area contributed by atoms with Crippen molar-refractivity contribution < 1.29 is 10.2 Å². The SMILES string of the molecule is Oc1ccc2c(c1)C(NCC(O)c1ccccc1)CCC2. The van der Waals surface area contributed by atoms with E-state index in [9.17, 15) is 10.2 Å². The molecule has 0 radical (unpaired) electrons. The van der Waals surface area contributed by atoms with Crippen LogP contribution in [0.15, 0.2) is 48.5 Å². The summed E-state index contributed by atoms with van der Waals surface area (Å²) < 4.78 is 0. The molecular weight excluding hydrogens is 262 g/mol. The van der Waals surface area contributed by atoms with Gasteiger partial charge in [0.05, 0.1) is 6.10 Å². The predicted molar refractivity (Wildman–Crippen MR) is 83.2 cm³/mol. The van der Waals surface area contributed by atoms with E-state index in [0.29, 0.717) is 12.3 Å². The molecule has 110 valence electrons. The monoisotopic (exact) mass is 283 g/mol. The van der Waals surface area contributed by atoms with Crippen molar-refractivity contribution in [3.05, 3.63) is 65.2 Å². The van der Waals surface area contributed by atoms with Gasteiger partial charge >= 0.3 is 0 Å². The molecule has 0 fully saturated rings. The molecule has 0 aromatic heterocycles. The van der Waals surface area contributed by atoms with E-state index >= 15 is 0 Å². The van der Waals surface area contributed by atoms with Crippen LogP contribution in [-0.2, 0) is 6.42 Å². The number of fused-ring (bicyclic) bond motifs is 1. The number of rotatable bonds is 4. The zero-order valence-corrected chi connectivity index (χ0v) is 12.0. The van der Waals surface area contributed by atoms with Crippen molar-refractivity contribution in [2.24, 2.45) is 0 Å². The largest absolute Gasteiger partial charge is 0.508 e. The normalized spacial score (nSPS) is 19.0. The second-order valence-corrected chi connectivity index (χ2v) is 5.66. The van der Waals surface area contributed by atoms with Gasteiger partial charge in [-0.2, -0.15) is 0 Å². The van der Waals surface area contributed by atoms with E-state index in [0.717, 1.165) is 24.8 Å². The molecule has 0 saturated carbocycles. The average Bonchev–Trinajstić information content (AvgIpc) is 2.53. The maximum Gasteiger partial charge on any atom is 0.115 e. The van der Waals surface area contributed by atoms with E-state index in [4.69, 9.17) is 0 Å². The minimum atomic E-state index is -0.506. The number of aryl methyl sites for hydroxylation is 1. The van der Waals surface area contributed by atoms with Gasteiger partial charge in [-0.05, 0) is 48.1 Å². The third-order valence-corrected chi connectivity index (χ3v) is 4.19. The average molecular weight is 283 g/mol. The van der Waals surface area contributed by atoms with Gasteiger partial charge in [0.15, 0.2) is 0 Å². The molecule has 1 aliphatic rings. The van der Waals surface area contributed by atoms with Crippen LogP contribution >= 0.6 is 0 Å². The first-order valence-electron chi connectivity index (χ1n) is 7.52. The summed E-state index contributed by atoms with van der Waals surface area (Å²) >= 11 is 0. The Morgan fingerprint density at radius 3 is 2.76 bits per heavy atom. The molecule has 3 rings (SSSR count). The Morgan fingerprint density at radius 1 is 1.14 bits per heavy atom. The van der Waals surface area contributed by atoms with Crippen molar-refractivity contribution in [2.45, 2.75) is 31.4 Å². The number of nitrogens with one attached hydrogen (secondary N) is 1. The van der Waals surface area contributed by atoms with Gasteiger partial charge in [-0.25, -0.2) is 0 Å². The lowest BCUT2D eigenvalue weighted by Crippen LogP contribution is -2.29. The second-order valence-electron chi connectivity index (χ2n) is 5.66. The summed E-state index contributed by atoms with van der Waals surface area (Å²) in [5, 5.41) is 23.4. The van der Waals surface area contributed by atoms with Gasteiger partial charge in [0.25, 0.3) is 0 Å². The second kappa shape index (κ2) is 6.29. The lowest BCUT2D eigenvalue weighted by atomic mass is 9.87. The molecule has 0 amide bonds. The van der Waals surface area contributed by atoms with E-state index in [1.807, 2.05) is 42.5 Å². The smallest absolute Gasteiger partial charge is 0.115 e. The van der Waals surface area contributed by atoms with Gasteiger partial charge < -0.3 is 15.5 Å². The highest BCUT2D eigenvalue weighted by Gasteiger charge is 2.21. The summed E-state index contributed by atoms with van der Waals surface area (Å²) in [4.78, 5) is 0. The first kappa shape index (κ1) is 14.1. The maximum absolute atomic E-state index is 10.2. The van der Waals surface area contributed by atoms with Crippen molar-refractivity contribution in [3.8, 4) is 5.75 Å². The van der Waals surface area contributed by atoms with E-state index in [2.05, 4.69) is 5.32 Å². The molecule has 0 saturated heterocycles. The Morgan fingerprint density at radius 2 is 1.95 bits per heavy atom. The summed E-state index contributed by atoms with van der Waals surface area (Å²) in [6.07, 6.45) is 2.73. The molecule has 3 heteroatoms. The minimum Gasteiger partial charge on any atom is -0.508 e. The Labute approximate surface area is 125 Å². The highest BCUT2D eigenvalue weighted by Crippen LogP contribution is 2.32. The molecule has 0 spiro atoms. The molecule has 3 nitrogen and oxygen atoms in total. The molecule has 0 bridgehead atoms. The Bertz CT molecular complexity index is 597. The Balaban J connectivity index is 1.68. The predicted octanol–water partition coefficient (Wildman–Crippen LogP) is 3.09. The fourth-order valence-electron chi connectivity index (χ4n) is 3.05. The van der Waals surface area contributed by atoms with Crippen molar-refractivity contribution in [3.63, 3.8) is 0 Å². The van der Waals surface area contributed by atoms with E-state index in [1.54, 1.807) is 6.07 Å². The van der Waals surface area contributed by atoms with Crippen LogP contribution in [0.5, 0.6) is 5.75 Å². The highest BCUT2D eigenvalue weighted by molar-refractivity contribution is 5.38. The first-order chi connectivity index (χ1) is 10.2. The number of phenolic OH excluding ortho intramolecular Hbond substituents is 1. The number of hydrogen-bond donors (Lipinski definition) is 3. The van der Waals surface area contributed by atoms with Gasteiger partial charge in [-0.15, -0.1) is 0 Å². The zero-order valence-electron chi connectivity index (χ0n) is 12.0. The lowest BCUT2D eigenvalue weighted by Gasteiger charge is -2.27. The van der Waals surface area contributed by atoms with Crippen LogP contribution in [0.25, 0.3) is 0 Å². The molecule has 2 unspecified atom stereocenters. The number of benzene rings is 2. The van der Waals surface area contributed by atoms with Crippen LogP contribution in [-0.4, -0.2) is 16.8 Å². The standard InChI is InChI=1S/C18H21NO2/c20-15-10-9-13-7-4-8-17(16(13)11-15)19-12-18(21)14-5-2-1-3-6-14/h1-3,5-6,9-11,17-21H,4,7-8,12H2. The van der Waals surface area contributed by atoms with Gasteiger partial charge in [-0.1, -0.05) is 36.4 Å². The minimum absolute atomic E-state index is 0.208. The molecule has 0 aliphatic heterocycles. The molecule has 1 aliphatic carbocycles. The Kier molecular flexibility index (Phi) is 4.23. The van der Waals surface area contributed by atoms with Crippen molar-refractivity contribution >= 4 is 0 Å². The zero-order chi connectivity index (χ0) is 14.7. The van der Waals surface area contributed by atoms with Crippen LogP contribution in [0.3, 0.4) is 0 Å². The molecule has 2 aromatic rings. The molecule has 3 N–H and O–H groups in total. The van der Waals surface area contributed by atoms with Crippen LogP contribution in [0.2, 0.25) is 0 Å². The molecule has 2 atom stereocenters. The summed E-state index contributed by atoms with van der Waals surface area (Å²) in [7, 11) is 0. The summed E-state index contributed by atoms with van der Waals surface area (Å²) in [5.41, 5.74) is 3.39. The fraction of sp³-hybridized carbons (Fsp3) is 0.333. The summed E-state index contributed by atoms with van der Waals surface area (Å²) in [6.45, 7) is 0.518. The number of aliphatic hydroxyl groups is 1. The van der Waals surface area contributed by atoms with Crippen molar-refractivity contribution in [1.29, 1.82) is 0 Å². The van der Waals surface area contributed by atoms with Gasteiger partial charge in [0.1, 0.15) is 5.75 Å². The van der Waals surface area contributed by atoms with Gasteiger partial charge in [0, 0.05) is 12.6 Å². The Hall–Kier alpha value is -1.84. The fourth-order valence-corrected chi connectivity index (χ4v) is 3.05. The number of aromatic hydroxyl groups is 1. The molecule has 21 heavy (non-hydrogen) atoms. The van der Waals surface area contributed by atoms with E-state index in [-0.39, 0.29) is 6.04 Å². The van der Waals surface area contributed by atoms with E-state index < -0.39 is 6.10 Å². The van der Waals surface area contributed by atoms with Gasteiger partial charge in [-0.3, -0.25) is 0 Å². The highest BCUT2D eigenvalue weighted by atomic mass is 16.3. The van der Waals surface area contributed by atoms with Crippen molar-refractivity contribution in [1.82, 2.24) is 5.32 Å². The van der Waals surface area contributed by atoms with Crippen molar-refractivity contribution in [2.75, 3.05) is 6.54 Å². The number of phenols is 1. The third kappa shape index (κ3) is 3.26. The quantitative estimate of drug-likeness (QED) is 0.808. The molecular formula is C18H21NO2. The van der Waals surface area contributed by atoms with Gasteiger partial charge in [0.2, 0.25) is 0 Å². The van der Waals surface area contributed by atoms with Crippen LogP contribution in [0.1, 0.15) is 41.7 Å². The number of aliphatic hydroxyl groups excluding tert-OH is 1. The first-order valence-corrected chi connectivity index (χ1v) is 7.52. The summed E-state index contributed by atoms with van der Waals surface area (Å²) in [6, 6.07) is 15.5. The third-order valence-electron chi connectivity index (χ3n) is 4.19. The van der Waals surface area contributed by atoms with Crippen LogP contribution in [0, 0.1) is 0 Å². The van der Waals surface area contributed by atoms with Crippen LogP contribution < -0.4 is 5.32 Å².